The number of benzene rings is 2. The Labute approximate surface area is 229 Å². The van der Waals surface area contributed by atoms with Crippen molar-refractivity contribution in [3.05, 3.63) is 93.2 Å². The molecule has 0 bridgehead atoms. The van der Waals surface area contributed by atoms with Crippen LogP contribution in [0.25, 0.3) is 11.1 Å². The van der Waals surface area contributed by atoms with Crippen LogP contribution in [0.4, 0.5) is 13.2 Å². The molecule has 0 amide bonds. The fourth-order valence-electron chi connectivity index (χ4n) is 5.26. The van der Waals surface area contributed by atoms with Gasteiger partial charge in [0.15, 0.2) is 17.8 Å². The van der Waals surface area contributed by atoms with E-state index in [4.69, 9.17) is 11.6 Å². The highest BCUT2D eigenvalue weighted by Gasteiger charge is 2.33. The van der Waals surface area contributed by atoms with Gasteiger partial charge >= 0.3 is 0 Å². The van der Waals surface area contributed by atoms with E-state index in [1.165, 1.54) is 19.1 Å². The topological polar surface area (TPSA) is 81.3 Å². The maximum atomic E-state index is 14.8. The lowest BCUT2D eigenvalue weighted by Crippen LogP contribution is -2.37. The summed E-state index contributed by atoms with van der Waals surface area (Å²) in [5, 5.41) is 22.8. The molecule has 1 aliphatic carbocycles. The van der Waals surface area contributed by atoms with Crippen LogP contribution in [0, 0.1) is 16.9 Å². The lowest BCUT2D eigenvalue weighted by molar-refractivity contribution is -0.614. The summed E-state index contributed by atoms with van der Waals surface area (Å²) in [7, 11) is 0. The molecule has 1 aliphatic rings. The first-order chi connectivity index (χ1) is 18.5. The zero-order chi connectivity index (χ0) is 28.3. The van der Waals surface area contributed by atoms with Crippen LogP contribution >= 0.6 is 11.6 Å². The molecule has 0 unspecified atom stereocenters. The van der Waals surface area contributed by atoms with E-state index in [0.29, 0.717) is 48.0 Å². The quantitative estimate of drug-likeness (QED) is 0.178. The summed E-state index contributed by atoms with van der Waals surface area (Å²) in [4.78, 5) is 25.2. The van der Waals surface area contributed by atoms with Gasteiger partial charge in [-0.3, -0.25) is 9.59 Å². The highest BCUT2D eigenvalue weighted by atomic mass is 35.5. The smallest absolute Gasteiger partial charge is 0.264 e. The number of hydrogen-bond donors (Lipinski definition) is 1. The number of aliphatic hydroxyl groups excluding tert-OH is 1. The van der Waals surface area contributed by atoms with Gasteiger partial charge in [-0.05, 0) is 62.6 Å². The van der Waals surface area contributed by atoms with Crippen LogP contribution in [0.15, 0.2) is 54.7 Å². The van der Waals surface area contributed by atoms with E-state index < -0.39 is 29.3 Å². The Morgan fingerprint density at radius 1 is 1.05 bits per heavy atom. The molecule has 3 aromatic rings. The van der Waals surface area contributed by atoms with Gasteiger partial charge in [0.05, 0.1) is 16.7 Å². The van der Waals surface area contributed by atoms with Crippen molar-refractivity contribution in [1.82, 2.24) is 0 Å². The third-order valence-corrected chi connectivity index (χ3v) is 7.76. The minimum Gasteiger partial charge on any atom is -0.618 e. The number of pyridine rings is 1. The van der Waals surface area contributed by atoms with Gasteiger partial charge in [0.25, 0.3) is 6.43 Å². The van der Waals surface area contributed by atoms with Crippen molar-refractivity contribution in [1.29, 1.82) is 0 Å². The van der Waals surface area contributed by atoms with Crippen molar-refractivity contribution in [3.8, 4) is 11.1 Å². The van der Waals surface area contributed by atoms with Gasteiger partial charge in [0.1, 0.15) is 11.7 Å². The van der Waals surface area contributed by atoms with Gasteiger partial charge in [-0.2, -0.15) is 4.73 Å². The van der Waals surface area contributed by atoms with Crippen molar-refractivity contribution in [3.63, 3.8) is 0 Å². The number of Topliss-reactive ketones (excluding diaryl/α,β-unsaturated/α-hetero) is 2. The maximum Gasteiger partial charge on any atom is 0.264 e. The zero-order valence-corrected chi connectivity index (χ0v) is 22.1. The molecule has 0 radical (unpaired) electrons. The fraction of sp³-hybridized carbons (Fsp3) is 0.367. The van der Waals surface area contributed by atoms with Gasteiger partial charge in [-0.1, -0.05) is 41.9 Å². The van der Waals surface area contributed by atoms with Crippen LogP contribution in [-0.2, 0) is 11.2 Å². The second kappa shape index (κ2) is 12.3. The van der Waals surface area contributed by atoms with E-state index in [1.807, 2.05) is 0 Å². The van der Waals surface area contributed by atoms with Gasteiger partial charge in [0, 0.05) is 29.2 Å². The van der Waals surface area contributed by atoms with E-state index in [1.54, 1.807) is 24.3 Å². The molecule has 0 saturated heterocycles. The molecule has 206 valence electrons. The van der Waals surface area contributed by atoms with Crippen LogP contribution in [0.2, 0.25) is 5.02 Å². The summed E-state index contributed by atoms with van der Waals surface area (Å²) in [6.45, 7) is 1.45. The number of aliphatic hydroxyl groups is 1. The highest BCUT2D eigenvalue weighted by molar-refractivity contribution is 6.31. The molecule has 39 heavy (non-hydrogen) atoms. The molecule has 5 nitrogen and oxygen atoms in total. The Balaban J connectivity index is 1.68. The van der Waals surface area contributed by atoms with E-state index in [-0.39, 0.29) is 46.3 Å². The maximum absolute atomic E-state index is 14.8. The average molecular weight is 560 g/mol. The van der Waals surface area contributed by atoms with E-state index in [0.717, 1.165) is 18.3 Å². The first kappa shape index (κ1) is 28.8. The monoisotopic (exact) mass is 559 g/mol. The average Bonchev–Trinajstić information content (AvgIpc) is 2.90. The number of alkyl halides is 2. The first-order valence-corrected chi connectivity index (χ1v) is 13.2. The van der Waals surface area contributed by atoms with Crippen LogP contribution in [0.1, 0.15) is 78.6 Å². The van der Waals surface area contributed by atoms with Gasteiger partial charge in [-0.15, -0.1) is 0 Å². The summed E-state index contributed by atoms with van der Waals surface area (Å²) in [5.41, 5.74) is 0.223. The Morgan fingerprint density at radius 2 is 1.72 bits per heavy atom. The molecule has 4 rings (SSSR count). The Morgan fingerprint density at radius 3 is 2.31 bits per heavy atom. The van der Waals surface area contributed by atoms with Crippen LogP contribution < -0.4 is 4.73 Å². The van der Waals surface area contributed by atoms with E-state index >= 15 is 0 Å². The third-order valence-electron chi connectivity index (χ3n) is 7.47. The highest BCUT2D eigenvalue weighted by Crippen LogP contribution is 2.37. The number of ketones is 2. The third kappa shape index (κ3) is 6.68. The Kier molecular flexibility index (Phi) is 9.08. The summed E-state index contributed by atoms with van der Waals surface area (Å²) >= 11 is 5.84. The molecular formula is C30H29ClF3NO4. The largest absolute Gasteiger partial charge is 0.618 e. The predicted octanol–water partition coefficient (Wildman–Crippen LogP) is 6.76. The molecule has 1 fully saturated rings. The molecule has 1 saturated carbocycles. The molecule has 0 spiro atoms. The number of nitrogens with zero attached hydrogens (tertiary/aromatic N) is 1. The fourth-order valence-corrected chi connectivity index (χ4v) is 5.42. The molecule has 1 N–H and O–H groups in total. The number of rotatable bonds is 9. The lowest BCUT2D eigenvalue weighted by Gasteiger charge is -2.28. The van der Waals surface area contributed by atoms with Crippen LogP contribution in [0.3, 0.4) is 0 Å². The lowest BCUT2D eigenvalue weighted by atomic mass is 9.78. The van der Waals surface area contributed by atoms with Crippen molar-refractivity contribution in [2.24, 2.45) is 5.92 Å². The van der Waals surface area contributed by atoms with Crippen molar-refractivity contribution < 1.29 is 32.6 Å². The molecular weight excluding hydrogens is 531 g/mol. The summed E-state index contributed by atoms with van der Waals surface area (Å²) in [6.07, 6.45) is 0.680. The van der Waals surface area contributed by atoms with Crippen LogP contribution in [-0.4, -0.2) is 22.8 Å². The molecule has 0 aliphatic heterocycles. The number of carbonyl (C=O) groups excluding carboxylic acids is 2. The molecule has 1 aromatic heterocycles. The van der Waals surface area contributed by atoms with Gasteiger partial charge in [0.2, 0.25) is 5.69 Å². The minimum absolute atomic E-state index is 0.0262. The number of halogens is 4. The van der Waals surface area contributed by atoms with Gasteiger partial charge in [-0.25, -0.2) is 13.2 Å². The molecule has 1 atom stereocenters. The summed E-state index contributed by atoms with van der Waals surface area (Å²) < 4.78 is 42.5. The second-order valence-electron chi connectivity index (χ2n) is 10.2. The van der Waals surface area contributed by atoms with E-state index in [9.17, 15) is 33.1 Å². The SMILES string of the molecule is CC(=O)c1ccc(CC(=O)[C@H](CC2CCC(O)CC2)c2ccc(-c3c(C(F)F)ccc(Cl)c3F)c[n+]2[O-])cc1. The van der Waals surface area contributed by atoms with Crippen molar-refractivity contribution in [2.75, 3.05) is 0 Å². The molecule has 2 aromatic carbocycles. The number of carbonyl (C=O) groups is 2. The molecule has 9 heteroatoms. The number of hydrogen-bond acceptors (Lipinski definition) is 4. The van der Waals surface area contributed by atoms with E-state index in [2.05, 4.69) is 0 Å². The standard InChI is InChI=1S/C30H29ClF3NO4/c1-17(36)20-6-2-19(3-7-20)15-27(38)24(14-18-4-9-22(37)10-5-18)26-13-8-21(16-35(26)39)28-23(30(33)34)11-12-25(31)29(28)32/h2-3,6-8,11-13,16,18,22,24,30,37H,4-5,9-10,14-15H2,1H3/t18?,22?,24-/m1/s1. The summed E-state index contributed by atoms with van der Waals surface area (Å²) in [5.74, 6) is -2.05. The second-order valence-corrected chi connectivity index (χ2v) is 10.6. The predicted molar refractivity (Wildman–Crippen MR) is 141 cm³/mol. The summed E-state index contributed by atoms with van der Waals surface area (Å²) in [6, 6.07) is 11.5. The minimum atomic E-state index is -2.99. The van der Waals surface area contributed by atoms with Crippen molar-refractivity contribution in [2.45, 2.75) is 63.9 Å². The van der Waals surface area contributed by atoms with Gasteiger partial charge < -0.3 is 10.3 Å². The van der Waals surface area contributed by atoms with Crippen molar-refractivity contribution >= 4 is 23.2 Å². The number of aromatic nitrogens is 1. The first-order valence-electron chi connectivity index (χ1n) is 12.8. The van der Waals surface area contributed by atoms with Crippen LogP contribution in [0.5, 0.6) is 0 Å². The normalized spacial score (nSPS) is 18.2. The Hall–Kier alpha value is -3.23. The Bertz CT molecular complexity index is 1360. The zero-order valence-electron chi connectivity index (χ0n) is 21.4. The molecule has 1 heterocycles.